The van der Waals surface area contributed by atoms with Crippen molar-refractivity contribution in [2.45, 2.75) is 45.6 Å². The SMILES string of the molecule is CCCN1CCC(C(C)NCCCN)CC1. The first kappa shape index (κ1) is 13.9. The molecule has 1 aliphatic heterocycles. The molecular formula is C13H29N3. The summed E-state index contributed by atoms with van der Waals surface area (Å²) in [5.74, 6) is 0.867. The van der Waals surface area contributed by atoms with Crippen LogP contribution in [0.4, 0.5) is 0 Å². The topological polar surface area (TPSA) is 41.3 Å². The molecule has 3 N–H and O–H groups in total. The second-order valence-corrected chi connectivity index (χ2v) is 5.06. The molecular weight excluding hydrogens is 198 g/mol. The normalized spacial score (nSPS) is 21.2. The Hall–Kier alpha value is -0.120. The molecule has 0 amide bonds. The van der Waals surface area contributed by atoms with Crippen LogP contribution in [0.3, 0.4) is 0 Å². The Bertz CT molecular complexity index is 165. The van der Waals surface area contributed by atoms with Crippen molar-refractivity contribution < 1.29 is 0 Å². The fourth-order valence-electron chi connectivity index (χ4n) is 2.59. The summed E-state index contributed by atoms with van der Waals surface area (Å²) in [6.07, 6.45) is 5.10. The predicted molar refractivity (Wildman–Crippen MR) is 70.6 cm³/mol. The minimum atomic E-state index is 0.662. The number of piperidine rings is 1. The Morgan fingerprint density at radius 1 is 1.38 bits per heavy atom. The average Bonchev–Trinajstić information content (AvgIpc) is 2.30. The number of rotatable bonds is 7. The van der Waals surface area contributed by atoms with Gasteiger partial charge in [-0.3, -0.25) is 0 Å². The lowest BCUT2D eigenvalue weighted by Gasteiger charge is -2.35. The van der Waals surface area contributed by atoms with Crippen LogP contribution >= 0.6 is 0 Å². The Balaban J connectivity index is 2.14. The first-order chi connectivity index (χ1) is 7.77. The van der Waals surface area contributed by atoms with E-state index in [9.17, 15) is 0 Å². The molecule has 0 bridgehead atoms. The fraction of sp³-hybridized carbons (Fsp3) is 1.00. The first-order valence-electron chi connectivity index (χ1n) is 6.93. The molecule has 1 heterocycles. The molecule has 0 aliphatic carbocycles. The van der Waals surface area contributed by atoms with E-state index in [1.165, 1.54) is 38.9 Å². The number of hydrogen-bond acceptors (Lipinski definition) is 3. The molecule has 0 aromatic rings. The van der Waals surface area contributed by atoms with Gasteiger partial charge in [-0.2, -0.15) is 0 Å². The van der Waals surface area contributed by atoms with Gasteiger partial charge in [-0.25, -0.2) is 0 Å². The van der Waals surface area contributed by atoms with E-state index in [-0.39, 0.29) is 0 Å². The molecule has 1 fully saturated rings. The monoisotopic (exact) mass is 227 g/mol. The van der Waals surface area contributed by atoms with E-state index in [1.807, 2.05) is 0 Å². The number of hydrogen-bond donors (Lipinski definition) is 2. The van der Waals surface area contributed by atoms with E-state index in [4.69, 9.17) is 5.73 Å². The highest BCUT2D eigenvalue weighted by Crippen LogP contribution is 2.20. The van der Waals surface area contributed by atoms with Gasteiger partial charge in [-0.15, -0.1) is 0 Å². The van der Waals surface area contributed by atoms with Gasteiger partial charge in [0, 0.05) is 6.04 Å². The van der Waals surface area contributed by atoms with Crippen molar-refractivity contribution in [3.05, 3.63) is 0 Å². The largest absolute Gasteiger partial charge is 0.330 e. The summed E-state index contributed by atoms with van der Waals surface area (Å²) in [7, 11) is 0. The second kappa shape index (κ2) is 8.04. The molecule has 1 aliphatic rings. The van der Waals surface area contributed by atoms with Crippen LogP contribution in [0.15, 0.2) is 0 Å². The molecule has 96 valence electrons. The predicted octanol–water partition coefficient (Wildman–Crippen LogP) is 1.44. The van der Waals surface area contributed by atoms with Crippen molar-refractivity contribution in [3.63, 3.8) is 0 Å². The standard InChI is InChI=1S/C13H29N3/c1-3-9-16-10-5-13(6-11-16)12(2)15-8-4-7-14/h12-13,15H,3-11,14H2,1-2H3. The molecule has 1 atom stereocenters. The lowest BCUT2D eigenvalue weighted by Crippen LogP contribution is -2.42. The Morgan fingerprint density at radius 3 is 2.62 bits per heavy atom. The maximum Gasteiger partial charge on any atom is 0.00679 e. The molecule has 1 rings (SSSR count). The third-order valence-electron chi connectivity index (χ3n) is 3.73. The number of nitrogens with one attached hydrogen (secondary N) is 1. The van der Waals surface area contributed by atoms with Crippen molar-refractivity contribution in [1.82, 2.24) is 10.2 Å². The minimum absolute atomic E-state index is 0.662. The van der Waals surface area contributed by atoms with E-state index in [0.29, 0.717) is 6.04 Å². The lowest BCUT2D eigenvalue weighted by atomic mass is 9.90. The highest BCUT2D eigenvalue weighted by molar-refractivity contribution is 4.79. The summed E-state index contributed by atoms with van der Waals surface area (Å²) < 4.78 is 0. The highest BCUT2D eigenvalue weighted by atomic mass is 15.1. The minimum Gasteiger partial charge on any atom is -0.330 e. The zero-order valence-electron chi connectivity index (χ0n) is 11.0. The summed E-state index contributed by atoms with van der Waals surface area (Å²) in [5, 5.41) is 3.60. The molecule has 1 unspecified atom stereocenters. The quantitative estimate of drug-likeness (QED) is 0.647. The third-order valence-corrected chi connectivity index (χ3v) is 3.73. The molecule has 1 saturated heterocycles. The van der Waals surface area contributed by atoms with Gasteiger partial charge >= 0.3 is 0 Å². The Kier molecular flexibility index (Phi) is 7.01. The fourth-order valence-corrected chi connectivity index (χ4v) is 2.59. The van der Waals surface area contributed by atoms with Crippen molar-refractivity contribution in [2.24, 2.45) is 11.7 Å². The van der Waals surface area contributed by atoms with Gasteiger partial charge in [0.15, 0.2) is 0 Å². The van der Waals surface area contributed by atoms with Crippen LogP contribution in [-0.4, -0.2) is 43.7 Å². The molecule has 3 heteroatoms. The van der Waals surface area contributed by atoms with Crippen molar-refractivity contribution in [1.29, 1.82) is 0 Å². The summed E-state index contributed by atoms with van der Waals surface area (Å²) in [4.78, 5) is 2.60. The van der Waals surface area contributed by atoms with Crippen LogP contribution in [0.1, 0.15) is 39.5 Å². The maximum atomic E-state index is 5.50. The van der Waals surface area contributed by atoms with Crippen molar-refractivity contribution in [2.75, 3.05) is 32.7 Å². The summed E-state index contributed by atoms with van der Waals surface area (Å²) >= 11 is 0. The van der Waals surface area contributed by atoms with Crippen LogP contribution in [0.2, 0.25) is 0 Å². The van der Waals surface area contributed by atoms with Gasteiger partial charge in [-0.1, -0.05) is 6.92 Å². The maximum absolute atomic E-state index is 5.50. The summed E-state index contributed by atoms with van der Waals surface area (Å²) in [5.41, 5.74) is 5.50. The molecule has 0 aromatic carbocycles. The van der Waals surface area contributed by atoms with E-state index >= 15 is 0 Å². The van der Waals surface area contributed by atoms with Crippen LogP contribution in [0.25, 0.3) is 0 Å². The van der Waals surface area contributed by atoms with Crippen LogP contribution < -0.4 is 11.1 Å². The van der Waals surface area contributed by atoms with E-state index in [2.05, 4.69) is 24.1 Å². The van der Waals surface area contributed by atoms with E-state index in [0.717, 1.165) is 25.4 Å². The van der Waals surface area contributed by atoms with Gasteiger partial charge in [0.1, 0.15) is 0 Å². The van der Waals surface area contributed by atoms with Gasteiger partial charge in [-0.05, 0) is 71.2 Å². The van der Waals surface area contributed by atoms with Crippen LogP contribution in [0.5, 0.6) is 0 Å². The zero-order chi connectivity index (χ0) is 11.8. The highest BCUT2D eigenvalue weighted by Gasteiger charge is 2.22. The van der Waals surface area contributed by atoms with E-state index < -0.39 is 0 Å². The third kappa shape index (κ3) is 4.81. The Morgan fingerprint density at radius 2 is 2.06 bits per heavy atom. The number of nitrogens with two attached hydrogens (primary N) is 1. The first-order valence-corrected chi connectivity index (χ1v) is 6.93. The van der Waals surface area contributed by atoms with Crippen molar-refractivity contribution >= 4 is 0 Å². The Labute approximate surface area is 101 Å². The summed E-state index contributed by atoms with van der Waals surface area (Å²) in [6.45, 7) is 10.3. The van der Waals surface area contributed by atoms with Gasteiger partial charge in [0.05, 0.1) is 0 Å². The molecule has 0 saturated carbocycles. The molecule has 0 aromatic heterocycles. The second-order valence-electron chi connectivity index (χ2n) is 5.06. The van der Waals surface area contributed by atoms with Crippen molar-refractivity contribution in [3.8, 4) is 0 Å². The van der Waals surface area contributed by atoms with Gasteiger partial charge in [0.25, 0.3) is 0 Å². The van der Waals surface area contributed by atoms with Crippen LogP contribution in [0, 0.1) is 5.92 Å². The van der Waals surface area contributed by atoms with E-state index in [1.54, 1.807) is 0 Å². The molecule has 16 heavy (non-hydrogen) atoms. The molecule has 0 spiro atoms. The van der Waals surface area contributed by atoms with Gasteiger partial charge in [0.2, 0.25) is 0 Å². The number of nitrogens with zero attached hydrogens (tertiary/aromatic N) is 1. The lowest BCUT2D eigenvalue weighted by molar-refractivity contribution is 0.163. The molecule has 3 nitrogen and oxygen atoms in total. The van der Waals surface area contributed by atoms with Crippen LogP contribution in [-0.2, 0) is 0 Å². The average molecular weight is 227 g/mol. The number of likely N-dealkylation sites (tertiary alicyclic amines) is 1. The summed E-state index contributed by atoms with van der Waals surface area (Å²) in [6, 6.07) is 0.662. The molecule has 0 radical (unpaired) electrons. The smallest absolute Gasteiger partial charge is 0.00679 e. The zero-order valence-corrected chi connectivity index (χ0v) is 11.0. The van der Waals surface area contributed by atoms with Gasteiger partial charge < -0.3 is 16.0 Å².